The Kier molecular flexibility index (Phi) is 4.13. The van der Waals surface area contributed by atoms with Crippen LogP contribution in [0.1, 0.15) is 4.88 Å². The molecule has 0 saturated carbocycles. The van der Waals surface area contributed by atoms with Gasteiger partial charge in [0.2, 0.25) is 5.91 Å². The number of thiazole rings is 1. The highest BCUT2D eigenvalue weighted by molar-refractivity contribution is 7.09. The minimum Gasteiger partial charge on any atom is -0.366 e. The SMILES string of the molecule is O=C(Cc1cncs1)N1CCN(c2cncc3ccccc23)CC1. The van der Waals surface area contributed by atoms with Gasteiger partial charge in [0, 0.05) is 54.2 Å². The number of fused-ring (bicyclic) bond motifs is 1. The van der Waals surface area contributed by atoms with E-state index in [1.807, 2.05) is 23.4 Å². The third kappa shape index (κ3) is 2.97. The highest BCUT2D eigenvalue weighted by Crippen LogP contribution is 2.26. The minimum absolute atomic E-state index is 0.190. The van der Waals surface area contributed by atoms with Crippen molar-refractivity contribution >= 4 is 33.7 Å². The van der Waals surface area contributed by atoms with E-state index in [0.717, 1.165) is 42.1 Å². The quantitative estimate of drug-likeness (QED) is 0.736. The standard InChI is InChI=1S/C18H18N4OS/c23-18(9-15-11-20-13-24-15)22-7-5-21(6-8-22)17-12-19-10-14-3-1-2-4-16(14)17/h1-4,10-13H,5-9H2. The van der Waals surface area contributed by atoms with Crippen LogP contribution in [-0.2, 0) is 11.2 Å². The number of piperazine rings is 1. The number of carbonyl (C=O) groups excluding carboxylic acids is 1. The lowest BCUT2D eigenvalue weighted by atomic mass is 10.1. The molecule has 0 aliphatic carbocycles. The molecule has 3 heterocycles. The molecule has 5 nitrogen and oxygen atoms in total. The summed E-state index contributed by atoms with van der Waals surface area (Å²) in [6, 6.07) is 8.30. The number of anilines is 1. The molecule has 6 heteroatoms. The van der Waals surface area contributed by atoms with Crippen molar-refractivity contribution in [1.82, 2.24) is 14.9 Å². The predicted molar refractivity (Wildman–Crippen MR) is 96.4 cm³/mol. The predicted octanol–water partition coefficient (Wildman–Crippen LogP) is 2.58. The molecule has 3 aromatic rings. The Morgan fingerprint density at radius 3 is 2.67 bits per heavy atom. The molecular weight excluding hydrogens is 320 g/mol. The van der Waals surface area contributed by atoms with Gasteiger partial charge in [-0.05, 0) is 0 Å². The van der Waals surface area contributed by atoms with Crippen molar-refractivity contribution in [2.24, 2.45) is 0 Å². The zero-order valence-corrected chi connectivity index (χ0v) is 14.1. The van der Waals surface area contributed by atoms with Gasteiger partial charge in [-0.1, -0.05) is 24.3 Å². The first-order chi connectivity index (χ1) is 11.8. The number of hydrogen-bond donors (Lipinski definition) is 0. The summed E-state index contributed by atoms with van der Waals surface area (Å²) >= 11 is 1.54. The van der Waals surface area contributed by atoms with Gasteiger partial charge in [0.05, 0.1) is 23.8 Å². The van der Waals surface area contributed by atoms with E-state index in [-0.39, 0.29) is 5.91 Å². The van der Waals surface area contributed by atoms with Gasteiger partial charge < -0.3 is 9.80 Å². The number of benzene rings is 1. The first kappa shape index (κ1) is 15.1. The average molecular weight is 338 g/mol. The van der Waals surface area contributed by atoms with Crippen LogP contribution in [0.25, 0.3) is 10.8 Å². The van der Waals surface area contributed by atoms with Gasteiger partial charge >= 0.3 is 0 Å². The van der Waals surface area contributed by atoms with Crippen LogP contribution in [0.5, 0.6) is 0 Å². The number of nitrogens with zero attached hydrogens (tertiary/aromatic N) is 4. The second kappa shape index (κ2) is 6.57. The lowest BCUT2D eigenvalue weighted by Gasteiger charge is -2.36. The molecular formula is C18H18N4OS. The average Bonchev–Trinajstić information content (AvgIpc) is 3.14. The molecule has 0 unspecified atom stereocenters. The topological polar surface area (TPSA) is 49.3 Å². The molecule has 0 N–H and O–H groups in total. The highest BCUT2D eigenvalue weighted by Gasteiger charge is 2.22. The molecule has 0 spiro atoms. The fourth-order valence-electron chi connectivity index (χ4n) is 3.14. The van der Waals surface area contributed by atoms with E-state index < -0.39 is 0 Å². The summed E-state index contributed by atoms with van der Waals surface area (Å²) in [6.07, 6.45) is 6.06. The number of amides is 1. The summed E-state index contributed by atoms with van der Waals surface area (Å²) in [5, 5.41) is 2.37. The van der Waals surface area contributed by atoms with E-state index in [4.69, 9.17) is 0 Å². The van der Waals surface area contributed by atoms with Gasteiger partial charge in [-0.25, -0.2) is 0 Å². The van der Waals surface area contributed by atoms with Crippen LogP contribution in [0.4, 0.5) is 5.69 Å². The van der Waals surface area contributed by atoms with Crippen molar-refractivity contribution < 1.29 is 4.79 Å². The maximum Gasteiger partial charge on any atom is 0.228 e. The second-order valence-electron chi connectivity index (χ2n) is 5.89. The minimum atomic E-state index is 0.190. The van der Waals surface area contributed by atoms with Crippen LogP contribution in [0.2, 0.25) is 0 Å². The van der Waals surface area contributed by atoms with Gasteiger partial charge in [-0.15, -0.1) is 11.3 Å². The van der Waals surface area contributed by atoms with Crippen LogP contribution in [0.15, 0.2) is 48.4 Å². The fraction of sp³-hybridized carbons (Fsp3) is 0.278. The molecule has 0 radical (unpaired) electrons. The zero-order valence-electron chi connectivity index (χ0n) is 13.3. The smallest absolute Gasteiger partial charge is 0.228 e. The molecule has 4 rings (SSSR count). The number of hydrogen-bond acceptors (Lipinski definition) is 5. The zero-order chi connectivity index (χ0) is 16.4. The van der Waals surface area contributed by atoms with E-state index in [1.54, 1.807) is 11.7 Å². The van der Waals surface area contributed by atoms with Crippen molar-refractivity contribution in [3.05, 3.63) is 53.2 Å². The Labute approximate surface area is 144 Å². The molecule has 24 heavy (non-hydrogen) atoms. The number of aromatic nitrogens is 2. The number of carbonyl (C=O) groups is 1. The molecule has 1 aromatic carbocycles. The summed E-state index contributed by atoms with van der Waals surface area (Å²) in [7, 11) is 0. The van der Waals surface area contributed by atoms with E-state index in [2.05, 4.69) is 33.1 Å². The first-order valence-corrected chi connectivity index (χ1v) is 8.92. The monoisotopic (exact) mass is 338 g/mol. The molecule has 1 saturated heterocycles. The Bertz CT molecular complexity index is 836. The largest absolute Gasteiger partial charge is 0.366 e. The molecule has 0 atom stereocenters. The molecule has 0 bridgehead atoms. The molecule has 1 fully saturated rings. The molecule has 1 amide bonds. The first-order valence-electron chi connectivity index (χ1n) is 8.04. The van der Waals surface area contributed by atoms with Gasteiger partial charge in [-0.3, -0.25) is 14.8 Å². The summed E-state index contributed by atoms with van der Waals surface area (Å²) in [4.78, 5) is 26.1. The lowest BCUT2D eigenvalue weighted by Crippen LogP contribution is -2.49. The van der Waals surface area contributed by atoms with Crippen LogP contribution in [0, 0.1) is 0 Å². The summed E-state index contributed by atoms with van der Waals surface area (Å²) < 4.78 is 0. The van der Waals surface area contributed by atoms with Crippen molar-refractivity contribution in [3.63, 3.8) is 0 Å². The molecule has 2 aromatic heterocycles. The molecule has 122 valence electrons. The second-order valence-corrected chi connectivity index (χ2v) is 6.86. The van der Waals surface area contributed by atoms with Crippen molar-refractivity contribution in [3.8, 4) is 0 Å². The van der Waals surface area contributed by atoms with E-state index in [1.165, 1.54) is 16.7 Å². The van der Waals surface area contributed by atoms with Gasteiger partial charge in [0.15, 0.2) is 0 Å². The van der Waals surface area contributed by atoms with Crippen LogP contribution < -0.4 is 4.90 Å². The Balaban J connectivity index is 1.45. The summed E-state index contributed by atoms with van der Waals surface area (Å²) in [5.74, 6) is 0.190. The van der Waals surface area contributed by atoms with Crippen molar-refractivity contribution in [2.45, 2.75) is 6.42 Å². The van der Waals surface area contributed by atoms with Crippen LogP contribution in [-0.4, -0.2) is 47.0 Å². The van der Waals surface area contributed by atoms with E-state index in [0.29, 0.717) is 6.42 Å². The van der Waals surface area contributed by atoms with Gasteiger partial charge in [-0.2, -0.15) is 0 Å². The molecule has 1 aliphatic heterocycles. The lowest BCUT2D eigenvalue weighted by molar-refractivity contribution is -0.130. The van der Waals surface area contributed by atoms with E-state index in [9.17, 15) is 4.79 Å². The van der Waals surface area contributed by atoms with Crippen LogP contribution in [0.3, 0.4) is 0 Å². The third-order valence-electron chi connectivity index (χ3n) is 4.43. The Morgan fingerprint density at radius 2 is 1.88 bits per heavy atom. The van der Waals surface area contributed by atoms with E-state index >= 15 is 0 Å². The van der Waals surface area contributed by atoms with Gasteiger partial charge in [0.1, 0.15) is 0 Å². The summed E-state index contributed by atoms with van der Waals surface area (Å²) in [5.41, 5.74) is 2.93. The Hall–Kier alpha value is -2.47. The van der Waals surface area contributed by atoms with Crippen molar-refractivity contribution in [2.75, 3.05) is 31.1 Å². The highest BCUT2D eigenvalue weighted by atomic mass is 32.1. The Morgan fingerprint density at radius 1 is 1.04 bits per heavy atom. The maximum atomic E-state index is 12.4. The summed E-state index contributed by atoms with van der Waals surface area (Å²) in [6.45, 7) is 3.18. The number of pyridine rings is 1. The third-order valence-corrected chi connectivity index (χ3v) is 5.21. The maximum absolute atomic E-state index is 12.4. The normalized spacial score (nSPS) is 15.0. The van der Waals surface area contributed by atoms with Gasteiger partial charge in [0.25, 0.3) is 0 Å². The fourth-order valence-corrected chi connectivity index (χ4v) is 3.73. The number of rotatable bonds is 3. The molecule has 1 aliphatic rings. The van der Waals surface area contributed by atoms with Crippen LogP contribution >= 0.6 is 11.3 Å². The van der Waals surface area contributed by atoms with Crippen molar-refractivity contribution in [1.29, 1.82) is 0 Å².